The van der Waals surface area contributed by atoms with Crippen LogP contribution in [0.4, 0.5) is 0 Å². The molecule has 0 aliphatic heterocycles. The summed E-state index contributed by atoms with van der Waals surface area (Å²) in [5, 5.41) is 14.7. The highest BCUT2D eigenvalue weighted by molar-refractivity contribution is 6.33. The summed E-state index contributed by atoms with van der Waals surface area (Å²) in [7, 11) is 0. The van der Waals surface area contributed by atoms with Crippen molar-refractivity contribution in [1.29, 1.82) is 0 Å². The van der Waals surface area contributed by atoms with Crippen molar-refractivity contribution in [3.63, 3.8) is 0 Å². The molecule has 0 saturated heterocycles. The number of aliphatic hydroxyl groups excluding tert-OH is 1. The summed E-state index contributed by atoms with van der Waals surface area (Å²) in [6.45, 7) is 2.57. The molecule has 0 aliphatic carbocycles. The fourth-order valence-electron chi connectivity index (χ4n) is 3.02. The number of halogens is 2. The number of nitrogens with zero attached hydrogens (tertiary/aromatic N) is 3. The van der Waals surface area contributed by atoms with E-state index in [4.69, 9.17) is 23.2 Å². The highest BCUT2D eigenvalue weighted by atomic mass is 35.5. The second kappa shape index (κ2) is 9.24. The van der Waals surface area contributed by atoms with E-state index in [0.717, 1.165) is 11.1 Å². The number of aryl methyl sites for hydroxylation is 1. The molecule has 2 aromatic carbocycles. The Labute approximate surface area is 174 Å². The molecular formula is C21H21Cl2N3O2. The lowest BCUT2D eigenvalue weighted by molar-refractivity contribution is 0.0707. The molecule has 1 aromatic heterocycles. The van der Waals surface area contributed by atoms with Crippen LogP contribution in [0.2, 0.25) is 10.2 Å². The molecule has 7 heteroatoms. The van der Waals surface area contributed by atoms with Crippen molar-refractivity contribution in [3.05, 3.63) is 87.2 Å². The number of aliphatic hydroxyl groups is 1. The second-order valence-electron chi connectivity index (χ2n) is 6.44. The highest BCUT2D eigenvalue weighted by Crippen LogP contribution is 2.25. The number of hydrogen-bond donors (Lipinski definition) is 1. The largest absolute Gasteiger partial charge is 0.395 e. The molecule has 1 amide bonds. The van der Waals surface area contributed by atoms with Crippen LogP contribution in [0, 0.1) is 6.92 Å². The molecule has 0 aliphatic rings. The predicted molar refractivity (Wildman–Crippen MR) is 111 cm³/mol. The first-order valence-corrected chi connectivity index (χ1v) is 9.67. The lowest BCUT2D eigenvalue weighted by Gasteiger charge is -2.22. The van der Waals surface area contributed by atoms with Crippen LogP contribution in [-0.4, -0.2) is 38.8 Å². The number of amides is 1. The summed E-state index contributed by atoms with van der Waals surface area (Å²) in [6, 6.07) is 17.1. The van der Waals surface area contributed by atoms with Crippen LogP contribution in [0.5, 0.6) is 0 Å². The SMILES string of the molecule is Cc1nn(Cc2ccccc2Cl)c(Cl)c1C(=O)N(CCO)Cc1ccccc1. The van der Waals surface area contributed by atoms with Gasteiger partial charge >= 0.3 is 0 Å². The fraction of sp³-hybridized carbons (Fsp3) is 0.238. The van der Waals surface area contributed by atoms with Crippen molar-refractivity contribution >= 4 is 29.1 Å². The molecule has 0 fully saturated rings. The summed E-state index contributed by atoms with van der Waals surface area (Å²) in [4.78, 5) is 14.7. The molecule has 0 atom stereocenters. The van der Waals surface area contributed by atoms with Gasteiger partial charge in [0.1, 0.15) is 5.15 Å². The average molecular weight is 418 g/mol. The first-order valence-electron chi connectivity index (χ1n) is 8.91. The van der Waals surface area contributed by atoms with Gasteiger partial charge in [0.05, 0.1) is 24.4 Å². The number of carbonyl (C=O) groups excluding carboxylic acids is 1. The fourth-order valence-corrected chi connectivity index (χ4v) is 3.53. The van der Waals surface area contributed by atoms with Gasteiger partial charge in [0, 0.05) is 18.1 Å². The van der Waals surface area contributed by atoms with Gasteiger partial charge in [-0.05, 0) is 24.1 Å². The van der Waals surface area contributed by atoms with Crippen LogP contribution < -0.4 is 0 Å². The number of carbonyl (C=O) groups is 1. The van der Waals surface area contributed by atoms with Gasteiger partial charge in [-0.25, -0.2) is 4.68 Å². The van der Waals surface area contributed by atoms with Gasteiger partial charge in [-0.1, -0.05) is 71.7 Å². The standard InChI is InChI=1S/C21H21Cl2N3O2/c1-15-19(20(23)26(24-15)14-17-9-5-6-10-18(17)22)21(28)25(11-12-27)13-16-7-3-2-4-8-16/h2-10,27H,11-14H2,1H3. The molecule has 3 aromatic rings. The third-order valence-electron chi connectivity index (χ3n) is 4.43. The first kappa shape index (κ1) is 20.4. The predicted octanol–water partition coefficient (Wildman–Crippen LogP) is 4.18. The van der Waals surface area contributed by atoms with Gasteiger partial charge < -0.3 is 10.0 Å². The van der Waals surface area contributed by atoms with Crippen LogP contribution in [0.1, 0.15) is 27.2 Å². The smallest absolute Gasteiger partial charge is 0.259 e. The highest BCUT2D eigenvalue weighted by Gasteiger charge is 2.25. The molecule has 0 saturated carbocycles. The Kier molecular flexibility index (Phi) is 6.73. The van der Waals surface area contributed by atoms with Crippen molar-refractivity contribution in [1.82, 2.24) is 14.7 Å². The molecule has 0 unspecified atom stereocenters. The van der Waals surface area contributed by atoms with E-state index >= 15 is 0 Å². The van der Waals surface area contributed by atoms with E-state index in [1.54, 1.807) is 22.6 Å². The Balaban J connectivity index is 1.88. The molecule has 0 bridgehead atoms. The second-order valence-corrected chi connectivity index (χ2v) is 7.20. The number of aromatic nitrogens is 2. The quantitative estimate of drug-likeness (QED) is 0.626. The Morgan fingerprint density at radius 3 is 2.46 bits per heavy atom. The Bertz CT molecular complexity index is 958. The van der Waals surface area contributed by atoms with Crippen LogP contribution in [-0.2, 0) is 13.1 Å². The molecule has 5 nitrogen and oxygen atoms in total. The van der Waals surface area contributed by atoms with E-state index in [9.17, 15) is 9.90 Å². The lowest BCUT2D eigenvalue weighted by atomic mass is 10.1. The average Bonchev–Trinajstić information content (AvgIpc) is 2.97. The first-order chi connectivity index (χ1) is 13.5. The number of hydrogen-bond acceptors (Lipinski definition) is 3. The maximum absolute atomic E-state index is 13.2. The van der Waals surface area contributed by atoms with Crippen LogP contribution in [0.3, 0.4) is 0 Å². The molecule has 1 N–H and O–H groups in total. The summed E-state index contributed by atoms with van der Waals surface area (Å²) in [5.74, 6) is -0.259. The Morgan fingerprint density at radius 2 is 1.79 bits per heavy atom. The Morgan fingerprint density at radius 1 is 1.11 bits per heavy atom. The summed E-state index contributed by atoms with van der Waals surface area (Å²) in [6.07, 6.45) is 0. The molecule has 28 heavy (non-hydrogen) atoms. The molecule has 0 spiro atoms. The van der Waals surface area contributed by atoms with Gasteiger partial charge in [0.2, 0.25) is 0 Å². The van der Waals surface area contributed by atoms with Crippen molar-refractivity contribution in [2.45, 2.75) is 20.0 Å². The van der Waals surface area contributed by atoms with E-state index in [2.05, 4.69) is 5.10 Å². The molecule has 3 rings (SSSR count). The molecular weight excluding hydrogens is 397 g/mol. The van der Waals surface area contributed by atoms with Crippen LogP contribution in [0.15, 0.2) is 54.6 Å². The monoisotopic (exact) mass is 417 g/mol. The van der Waals surface area contributed by atoms with Gasteiger partial charge in [0.15, 0.2) is 0 Å². The zero-order chi connectivity index (χ0) is 20.1. The van der Waals surface area contributed by atoms with Gasteiger partial charge in [-0.3, -0.25) is 4.79 Å². The molecule has 0 radical (unpaired) electrons. The third-order valence-corrected chi connectivity index (χ3v) is 5.18. The Hall–Kier alpha value is -2.34. The minimum absolute atomic E-state index is 0.136. The molecule has 1 heterocycles. The summed E-state index contributed by atoms with van der Waals surface area (Å²) >= 11 is 12.8. The maximum atomic E-state index is 13.2. The third kappa shape index (κ3) is 4.55. The van der Waals surface area contributed by atoms with Crippen molar-refractivity contribution in [2.24, 2.45) is 0 Å². The minimum Gasteiger partial charge on any atom is -0.395 e. The summed E-state index contributed by atoms with van der Waals surface area (Å²) in [5.41, 5.74) is 2.72. The van der Waals surface area contributed by atoms with Crippen molar-refractivity contribution in [2.75, 3.05) is 13.2 Å². The van der Waals surface area contributed by atoms with Crippen LogP contribution in [0.25, 0.3) is 0 Å². The zero-order valence-corrected chi connectivity index (χ0v) is 17.0. The van der Waals surface area contributed by atoms with Crippen molar-refractivity contribution in [3.8, 4) is 0 Å². The minimum atomic E-state index is -0.259. The topological polar surface area (TPSA) is 58.4 Å². The van der Waals surface area contributed by atoms with E-state index in [1.165, 1.54) is 0 Å². The zero-order valence-electron chi connectivity index (χ0n) is 15.5. The van der Waals surface area contributed by atoms with E-state index in [0.29, 0.717) is 29.4 Å². The van der Waals surface area contributed by atoms with E-state index in [1.807, 2.05) is 48.5 Å². The summed E-state index contributed by atoms with van der Waals surface area (Å²) < 4.78 is 1.57. The van der Waals surface area contributed by atoms with Crippen molar-refractivity contribution < 1.29 is 9.90 Å². The van der Waals surface area contributed by atoms with Gasteiger partial charge in [0.25, 0.3) is 5.91 Å². The van der Waals surface area contributed by atoms with E-state index in [-0.39, 0.29) is 24.2 Å². The maximum Gasteiger partial charge on any atom is 0.259 e. The van der Waals surface area contributed by atoms with Gasteiger partial charge in [-0.2, -0.15) is 5.10 Å². The normalized spacial score (nSPS) is 10.9. The van der Waals surface area contributed by atoms with Crippen LogP contribution >= 0.6 is 23.2 Å². The van der Waals surface area contributed by atoms with Gasteiger partial charge in [-0.15, -0.1) is 0 Å². The molecule has 146 valence electrons. The number of rotatable bonds is 7. The number of benzene rings is 2. The lowest BCUT2D eigenvalue weighted by Crippen LogP contribution is -2.33. The van der Waals surface area contributed by atoms with E-state index < -0.39 is 0 Å².